The van der Waals surface area contributed by atoms with Crippen LogP contribution in [-0.2, 0) is 11.0 Å². The third-order valence-electron chi connectivity index (χ3n) is 3.31. The van der Waals surface area contributed by atoms with Gasteiger partial charge in [0.15, 0.2) is 0 Å². The molecule has 1 aliphatic heterocycles. The first-order chi connectivity index (χ1) is 8.79. The summed E-state index contributed by atoms with van der Waals surface area (Å²) in [6.45, 7) is 2.04. The number of amides is 1. The summed E-state index contributed by atoms with van der Waals surface area (Å²) in [4.78, 5) is 13.3. The summed E-state index contributed by atoms with van der Waals surface area (Å²) in [6.07, 6.45) is -3.77. The second-order valence-electron chi connectivity index (χ2n) is 4.77. The number of hydrogen-bond donors (Lipinski definition) is 1. The van der Waals surface area contributed by atoms with Gasteiger partial charge in [-0.2, -0.15) is 13.2 Å². The van der Waals surface area contributed by atoms with Gasteiger partial charge in [0.05, 0.1) is 5.56 Å². The van der Waals surface area contributed by atoms with Gasteiger partial charge in [0.25, 0.3) is 0 Å². The Morgan fingerprint density at radius 1 is 1.37 bits per heavy atom. The Morgan fingerprint density at radius 3 is 2.58 bits per heavy atom. The Hall–Kier alpha value is -1.72. The highest BCUT2D eigenvalue weighted by molar-refractivity contribution is 5.86. The number of anilines is 1. The number of carbonyl (C=O) groups is 1. The van der Waals surface area contributed by atoms with E-state index in [0.717, 1.165) is 6.07 Å². The highest BCUT2D eigenvalue weighted by Gasteiger charge is 2.33. The monoisotopic (exact) mass is 272 g/mol. The van der Waals surface area contributed by atoms with Gasteiger partial charge in [-0.15, -0.1) is 0 Å². The Bertz CT molecular complexity index is 499. The van der Waals surface area contributed by atoms with E-state index in [-0.39, 0.29) is 11.5 Å². The highest BCUT2D eigenvalue weighted by atomic mass is 19.4. The number of nitrogens with zero attached hydrogens (tertiary/aromatic N) is 1. The molecule has 1 aromatic carbocycles. The van der Waals surface area contributed by atoms with Crippen LogP contribution < -0.4 is 5.32 Å². The molecule has 6 heteroatoms. The lowest BCUT2D eigenvalue weighted by molar-refractivity contribution is -0.138. The highest BCUT2D eigenvalue weighted by Crippen LogP contribution is 2.33. The average molecular weight is 272 g/mol. The van der Waals surface area contributed by atoms with E-state index in [9.17, 15) is 18.0 Å². The number of halogens is 3. The number of rotatable bonds is 2. The second kappa shape index (κ2) is 4.75. The Balaban J connectivity index is 2.21. The van der Waals surface area contributed by atoms with Crippen molar-refractivity contribution in [3.63, 3.8) is 0 Å². The van der Waals surface area contributed by atoms with Crippen molar-refractivity contribution in [1.82, 2.24) is 4.90 Å². The SMILES string of the molecule is Cc1ccc(NC2CCN(C)C2=O)cc1C(F)(F)F. The van der Waals surface area contributed by atoms with Gasteiger partial charge < -0.3 is 10.2 Å². The van der Waals surface area contributed by atoms with Gasteiger partial charge in [0, 0.05) is 19.3 Å². The maximum Gasteiger partial charge on any atom is 0.416 e. The van der Waals surface area contributed by atoms with Crippen molar-refractivity contribution in [3.05, 3.63) is 29.3 Å². The minimum atomic E-state index is -4.38. The van der Waals surface area contributed by atoms with Crippen LogP contribution in [0.2, 0.25) is 0 Å². The molecule has 0 spiro atoms. The fraction of sp³-hybridized carbons (Fsp3) is 0.462. The molecule has 1 atom stereocenters. The molecule has 1 aromatic rings. The second-order valence-corrected chi connectivity index (χ2v) is 4.77. The molecular formula is C13H15F3N2O. The maximum absolute atomic E-state index is 12.8. The lowest BCUT2D eigenvalue weighted by Gasteiger charge is -2.16. The first-order valence-corrected chi connectivity index (χ1v) is 5.98. The van der Waals surface area contributed by atoms with Gasteiger partial charge in [-0.05, 0) is 31.0 Å². The third-order valence-corrected chi connectivity index (χ3v) is 3.31. The van der Waals surface area contributed by atoms with E-state index in [1.54, 1.807) is 18.0 Å². The van der Waals surface area contributed by atoms with Crippen LogP contribution >= 0.6 is 0 Å². The minimum Gasteiger partial charge on any atom is -0.374 e. The van der Waals surface area contributed by atoms with Gasteiger partial charge in [-0.25, -0.2) is 0 Å². The lowest BCUT2D eigenvalue weighted by Crippen LogP contribution is -2.31. The van der Waals surface area contributed by atoms with Gasteiger partial charge in [-0.1, -0.05) is 6.07 Å². The largest absolute Gasteiger partial charge is 0.416 e. The van der Waals surface area contributed by atoms with Crippen LogP contribution in [0.1, 0.15) is 17.5 Å². The zero-order chi connectivity index (χ0) is 14.2. The van der Waals surface area contributed by atoms with E-state index >= 15 is 0 Å². The number of carbonyl (C=O) groups excluding carboxylic acids is 1. The standard InChI is InChI=1S/C13H15F3N2O/c1-8-3-4-9(7-10(8)13(14,15)16)17-11-5-6-18(2)12(11)19/h3-4,7,11,17H,5-6H2,1-2H3. The molecule has 1 saturated heterocycles. The number of likely N-dealkylation sites (N-methyl/N-ethyl adjacent to an activating group) is 1. The van der Waals surface area contributed by atoms with E-state index in [4.69, 9.17) is 0 Å². The van der Waals surface area contributed by atoms with Crippen LogP contribution in [0, 0.1) is 6.92 Å². The summed E-state index contributed by atoms with van der Waals surface area (Å²) in [5.74, 6) is -0.0888. The molecule has 1 unspecified atom stereocenters. The molecule has 0 bridgehead atoms. The first-order valence-electron chi connectivity index (χ1n) is 5.98. The molecule has 1 N–H and O–H groups in total. The number of hydrogen-bond acceptors (Lipinski definition) is 2. The van der Waals surface area contributed by atoms with Crippen LogP contribution in [-0.4, -0.2) is 30.4 Å². The number of aryl methyl sites for hydroxylation is 1. The number of benzene rings is 1. The van der Waals surface area contributed by atoms with Crippen LogP contribution in [0.3, 0.4) is 0 Å². The predicted octanol–water partition coefficient (Wildman–Crippen LogP) is 2.66. The Kier molecular flexibility index (Phi) is 3.43. The average Bonchev–Trinajstić information content (AvgIpc) is 2.62. The van der Waals surface area contributed by atoms with Gasteiger partial charge in [0.1, 0.15) is 6.04 Å². The predicted molar refractivity (Wildman–Crippen MR) is 65.8 cm³/mol. The van der Waals surface area contributed by atoms with Crippen molar-refractivity contribution < 1.29 is 18.0 Å². The summed E-state index contributed by atoms with van der Waals surface area (Å²) in [5, 5.41) is 2.87. The molecule has 1 amide bonds. The summed E-state index contributed by atoms with van der Waals surface area (Å²) < 4.78 is 38.3. The zero-order valence-electron chi connectivity index (χ0n) is 10.7. The summed E-state index contributed by atoms with van der Waals surface area (Å²) in [5.41, 5.74) is -0.171. The van der Waals surface area contributed by atoms with E-state index in [0.29, 0.717) is 18.7 Å². The first kappa shape index (κ1) is 13.7. The summed E-state index contributed by atoms with van der Waals surface area (Å²) in [6, 6.07) is 3.60. The van der Waals surface area contributed by atoms with Crippen molar-refractivity contribution in [2.24, 2.45) is 0 Å². The molecule has 104 valence electrons. The van der Waals surface area contributed by atoms with Gasteiger partial charge in [-0.3, -0.25) is 4.79 Å². The van der Waals surface area contributed by atoms with Crippen molar-refractivity contribution >= 4 is 11.6 Å². The van der Waals surface area contributed by atoms with Gasteiger partial charge >= 0.3 is 6.18 Å². The normalized spacial score (nSPS) is 19.9. The molecule has 3 nitrogen and oxygen atoms in total. The minimum absolute atomic E-state index is 0.0888. The number of nitrogens with one attached hydrogen (secondary N) is 1. The van der Waals surface area contributed by atoms with Gasteiger partial charge in [0.2, 0.25) is 5.91 Å². The van der Waals surface area contributed by atoms with Crippen molar-refractivity contribution in [3.8, 4) is 0 Å². The summed E-state index contributed by atoms with van der Waals surface area (Å²) >= 11 is 0. The number of likely N-dealkylation sites (tertiary alicyclic amines) is 1. The van der Waals surface area contributed by atoms with Crippen LogP contribution in [0.15, 0.2) is 18.2 Å². The number of alkyl halides is 3. The van der Waals surface area contributed by atoms with E-state index < -0.39 is 17.8 Å². The lowest BCUT2D eigenvalue weighted by atomic mass is 10.1. The van der Waals surface area contributed by atoms with E-state index in [2.05, 4.69) is 5.32 Å². The van der Waals surface area contributed by atoms with Crippen LogP contribution in [0.25, 0.3) is 0 Å². The van der Waals surface area contributed by atoms with Crippen LogP contribution in [0.4, 0.5) is 18.9 Å². The fourth-order valence-corrected chi connectivity index (χ4v) is 2.17. The molecule has 1 heterocycles. The van der Waals surface area contributed by atoms with E-state index in [1.165, 1.54) is 13.0 Å². The quantitative estimate of drug-likeness (QED) is 0.897. The molecule has 0 radical (unpaired) electrons. The molecule has 1 fully saturated rings. The van der Waals surface area contributed by atoms with Crippen molar-refractivity contribution in [2.45, 2.75) is 25.6 Å². The van der Waals surface area contributed by atoms with Crippen molar-refractivity contribution in [1.29, 1.82) is 0 Å². The Labute approximate surface area is 109 Å². The third kappa shape index (κ3) is 2.83. The van der Waals surface area contributed by atoms with Crippen molar-refractivity contribution in [2.75, 3.05) is 18.9 Å². The molecule has 19 heavy (non-hydrogen) atoms. The topological polar surface area (TPSA) is 32.3 Å². The Morgan fingerprint density at radius 2 is 2.05 bits per heavy atom. The van der Waals surface area contributed by atoms with E-state index in [1.807, 2.05) is 0 Å². The molecule has 2 rings (SSSR count). The van der Waals surface area contributed by atoms with Crippen LogP contribution in [0.5, 0.6) is 0 Å². The molecule has 0 aliphatic carbocycles. The summed E-state index contributed by atoms with van der Waals surface area (Å²) in [7, 11) is 1.68. The fourth-order valence-electron chi connectivity index (χ4n) is 2.17. The maximum atomic E-state index is 12.8. The molecule has 0 aromatic heterocycles. The molecular weight excluding hydrogens is 257 g/mol. The molecule has 1 aliphatic rings. The molecule has 0 saturated carbocycles. The zero-order valence-corrected chi connectivity index (χ0v) is 10.7. The smallest absolute Gasteiger partial charge is 0.374 e.